The van der Waals surface area contributed by atoms with Crippen LogP contribution < -0.4 is 0 Å². The summed E-state index contributed by atoms with van der Waals surface area (Å²) in [7, 11) is 3.78. The highest BCUT2D eigenvalue weighted by Gasteiger charge is 2.69. The van der Waals surface area contributed by atoms with Crippen molar-refractivity contribution in [3.05, 3.63) is 126 Å². The van der Waals surface area contributed by atoms with Crippen molar-refractivity contribution in [3.8, 4) is 0 Å². The predicted molar refractivity (Wildman–Crippen MR) is 561 cm³/mol. The van der Waals surface area contributed by atoms with Crippen LogP contribution in [0.15, 0.2) is 98.1 Å². The molecule has 17 heteroatoms. The molecule has 25 rings (SSSR count). The zero-order chi connectivity index (χ0) is 101. The van der Waals surface area contributed by atoms with E-state index in [4.69, 9.17) is 0 Å². The number of nitrogens with zero attached hydrogens (tertiary/aromatic N) is 7. The van der Waals surface area contributed by atoms with Gasteiger partial charge in [-0.3, -0.25) is 48.3 Å². The number of ketones is 5. The van der Waals surface area contributed by atoms with Crippen molar-refractivity contribution in [3.63, 3.8) is 0 Å². The van der Waals surface area contributed by atoms with Gasteiger partial charge in [-0.1, -0.05) is 61.5 Å². The van der Waals surface area contributed by atoms with Crippen molar-refractivity contribution in [2.45, 2.75) is 407 Å². The van der Waals surface area contributed by atoms with Gasteiger partial charge in [-0.05, 0) is 540 Å². The molecule has 0 saturated heterocycles. The number of hydrogen-bond donors (Lipinski definition) is 5. The van der Waals surface area contributed by atoms with Gasteiger partial charge in [0.15, 0.2) is 28.9 Å². The van der Waals surface area contributed by atoms with E-state index in [9.17, 15) is 49.5 Å². The third-order valence-corrected chi connectivity index (χ3v) is 49.7. The number of hydrogen-bond acceptors (Lipinski definition) is 15. The first-order chi connectivity index (χ1) is 67.8. The molecule has 5 N–H and O–H groups in total. The van der Waals surface area contributed by atoms with Crippen LogP contribution in [-0.2, 0) is 14.1 Å². The van der Waals surface area contributed by atoms with Gasteiger partial charge in [-0.15, -0.1) is 0 Å². The van der Waals surface area contributed by atoms with Crippen LogP contribution in [-0.4, -0.2) is 117 Å². The molecule has 143 heavy (non-hydrogen) atoms. The van der Waals surface area contributed by atoms with Crippen LogP contribution in [0.25, 0.3) is 0 Å². The summed E-state index contributed by atoms with van der Waals surface area (Å²) in [5, 5.41) is 61.8. The summed E-state index contributed by atoms with van der Waals surface area (Å²) < 4.78 is 3.50. The van der Waals surface area contributed by atoms with Gasteiger partial charge in [-0.25, -0.2) is 0 Å². The van der Waals surface area contributed by atoms with Crippen LogP contribution in [0.5, 0.6) is 0 Å². The first-order valence-electron chi connectivity index (χ1n) is 58.8. The summed E-state index contributed by atoms with van der Waals surface area (Å²) in [5.41, 5.74) is 3.37. The molecule has 5 aromatic rings. The zero-order valence-electron chi connectivity index (χ0n) is 90.6. The van der Waals surface area contributed by atoms with Gasteiger partial charge >= 0.3 is 0 Å². The van der Waals surface area contributed by atoms with Gasteiger partial charge < -0.3 is 25.5 Å². The normalized spacial score (nSPS) is 48.6. The van der Waals surface area contributed by atoms with Crippen molar-refractivity contribution in [2.24, 2.45) is 217 Å². The topological polar surface area (TPSA) is 261 Å². The summed E-state index contributed by atoms with van der Waals surface area (Å²) in [4.78, 5) is 79.4. The summed E-state index contributed by atoms with van der Waals surface area (Å²) in [6.07, 6.45) is 66.5. The number of fused-ring (bicyclic) bond motifs is 25. The maximum Gasteiger partial charge on any atom is 0.186 e. The fraction of sp³-hybridized carbons (Fsp3) is 0.794. The molecule has 0 radical (unpaired) electrons. The Balaban J connectivity index is 0.000000106. The molecule has 20 aliphatic carbocycles. The largest absolute Gasteiger partial charge is 0.390 e. The minimum absolute atomic E-state index is 0.138. The average Bonchev–Trinajstić information content (AvgIpc) is 1.62. The summed E-state index contributed by atoms with van der Waals surface area (Å²) in [6, 6.07) is 15.3. The van der Waals surface area contributed by atoms with E-state index in [2.05, 4.69) is 80.5 Å². The second kappa shape index (κ2) is 38.1. The quantitative estimate of drug-likeness (QED) is 0.0814. The summed E-state index contributed by atoms with van der Waals surface area (Å²) in [6.45, 7) is 30.0. The number of carbonyl (C=O) groups is 5. The van der Waals surface area contributed by atoms with Gasteiger partial charge in [0.2, 0.25) is 0 Å². The van der Waals surface area contributed by atoms with Gasteiger partial charge in [0.25, 0.3) is 0 Å². The molecule has 0 spiro atoms. The van der Waals surface area contributed by atoms with E-state index < -0.39 is 28.0 Å². The average molecular weight is 1960 g/mol. The van der Waals surface area contributed by atoms with Crippen LogP contribution in [0.3, 0.4) is 0 Å². The van der Waals surface area contributed by atoms with E-state index in [1.807, 2.05) is 110 Å². The lowest BCUT2D eigenvalue weighted by atomic mass is 9.44. The number of carbonyl (C=O) groups excluding carboxylic acids is 5. The first-order valence-corrected chi connectivity index (χ1v) is 58.8. The Kier molecular flexibility index (Phi) is 27.4. The Morgan fingerprint density at radius 2 is 0.608 bits per heavy atom. The van der Waals surface area contributed by atoms with Crippen molar-refractivity contribution >= 4 is 28.9 Å². The standard InChI is InChI=1S/C26H37NO2.2C25H38N2O2.2C25H35NO2/c1-24(29)12-13-25(2)18(15-24)6-7-19-20-8-9-22(26(20,3)11-10-21(19)25)23(28)17-5-4-14-27-16-17;1-23(29)12-13-24(2)16(15-23)5-6-17-18-7-8-20(25(18,3)11-9-19(17)24)22(28)21-10-14-27(4)26-21;1-23(29)11-12-24(2)17(13-23)5-6-18-19-7-8-21(25(19,3)10-9-20(18)24)22(28)16-14-26-27(4)15-16;1-24(28)11-9-18-16(14-24)5-6-20-19(18)10-12-25(2)21(20)7-8-22(25)23(27)17-4-3-13-26-15-17;1-24(28)12-10-17-16(15-24)6-7-19-18(17)11-13-25(2)20(19)8-9-21(25)23(27)22-5-3-4-14-26-22/h4-5,14,16,18-22,29H,6-13,15H2,1-3H3;10,14,16-20,29H,5-9,11-13,15H2,1-4H3;14-15,17-21,29H,5-13H2,1-4H3;3-4,13,15-16,18-22,28H,5-12,14H2,1-2H3;3-5,14,16-21,28H,6-13,15H2,1-2H3/t18-,19-,20-,21-,22+,24+,25-,26-;16-,17-,18-,19-,20+,23+,24-,25-;17-,18-,19-,20-,21+,23+,24-,25-;16-,18-,19+,20+,21-,22+,24+,25-;16-,17-,18+,19+,20-,21+,24+,25-/m00000/s1. The molecule has 40 atom stereocenters. The molecule has 782 valence electrons. The Bertz CT molecular complexity index is 5170. The minimum atomic E-state index is -0.465. The molecule has 5 heterocycles. The highest BCUT2D eigenvalue weighted by atomic mass is 16.3. The summed E-state index contributed by atoms with van der Waals surface area (Å²) in [5.74, 6) is 18.8. The molecule has 0 bridgehead atoms. The van der Waals surface area contributed by atoms with Crippen molar-refractivity contribution < 1.29 is 49.5 Å². The van der Waals surface area contributed by atoms with Crippen LogP contribution in [0.4, 0.5) is 0 Å². The third kappa shape index (κ3) is 18.2. The zero-order valence-corrected chi connectivity index (χ0v) is 90.6. The number of aromatic nitrogens is 7. The fourth-order valence-corrected chi connectivity index (χ4v) is 42.2. The van der Waals surface area contributed by atoms with E-state index >= 15 is 0 Å². The Morgan fingerprint density at radius 1 is 0.273 bits per heavy atom. The van der Waals surface area contributed by atoms with Gasteiger partial charge in [0, 0.05) is 98.2 Å². The molecule has 20 saturated carbocycles. The van der Waals surface area contributed by atoms with E-state index in [0.717, 1.165) is 196 Å². The van der Waals surface area contributed by atoms with Crippen LogP contribution in [0, 0.1) is 203 Å². The number of rotatable bonds is 10. The van der Waals surface area contributed by atoms with Gasteiger partial charge in [0.05, 0.1) is 39.8 Å². The van der Waals surface area contributed by atoms with Crippen LogP contribution in [0.2, 0.25) is 0 Å². The van der Waals surface area contributed by atoms with Crippen molar-refractivity contribution in [1.82, 2.24) is 34.5 Å². The highest BCUT2D eigenvalue weighted by molar-refractivity contribution is 6.00. The number of aliphatic hydroxyl groups is 5. The maximum absolute atomic E-state index is 13.4. The minimum Gasteiger partial charge on any atom is -0.390 e. The number of pyridine rings is 3. The Labute approximate surface area is 858 Å². The highest BCUT2D eigenvalue weighted by Crippen LogP contribution is 2.75. The second-order valence-electron chi connectivity index (χ2n) is 57.1. The molecule has 0 amide bonds. The summed E-state index contributed by atoms with van der Waals surface area (Å²) >= 11 is 0. The van der Waals surface area contributed by atoms with E-state index in [1.165, 1.54) is 193 Å². The Hall–Kier alpha value is -5.98. The molecular formula is C126H183N7O10. The maximum atomic E-state index is 13.4. The lowest BCUT2D eigenvalue weighted by Gasteiger charge is -2.61. The molecule has 0 aromatic carbocycles. The van der Waals surface area contributed by atoms with Crippen molar-refractivity contribution in [2.75, 3.05) is 0 Å². The fourth-order valence-electron chi connectivity index (χ4n) is 42.2. The van der Waals surface area contributed by atoms with E-state index in [0.29, 0.717) is 92.3 Å². The van der Waals surface area contributed by atoms with E-state index in [1.54, 1.807) is 46.5 Å². The molecule has 0 unspecified atom stereocenters. The third-order valence-electron chi connectivity index (χ3n) is 49.7. The van der Waals surface area contributed by atoms with Gasteiger partial charge in [-0.2, -0.15) is 10.2 Å². The van der Waals surface area contributed by atoms with Crippen molar-refractivity contribution in [1.29, 1.82) is 0 Å². The SMILES string of the molecule is C[C@@]1(O)CC[C@@]2(C)[C@@H](CC[C@@H]3[C@@H]2CC[C@]2(C)[C@@H](C(=O)c4cccnc4)CC[C@@H]32)C1.C[C@@]1(O)CC[C@H]2[C@@H](CC[C@@H]3[C@@H]2CC[C@]2(C)[C@@H](C(=O)c4ccccn4)CC[C@@H]32)C1.C[C@@]1(O)CC[C@H]2[C@@H](CC[C@@H]3[C@@H]2CC[C@]2(C)[C@@H](C(=O)c4cccnc4)CC[C@@H]32)C1.Cn1cc(C(=O)[C@H]2CC[C@H]3[C@@H]4CC[C@H]5C[C@](C)(O)CC[C@]5(C)[C@H]4CC[C@]23C)cn1.Cn1ccc(C(=O)[C@H]2CC[C@H]3[C@@H]4CC[C@H]5C[C@](C)(O)CC[C@]5(C)[C@H]4CC[C@]23C)n1. The molecule has 5 aromatic heterocycles. The molecule has 20 fully saturated rings. The lowest BCUT2D eigenvalue weighted by molar-refractivity contribution is -0.144. The van der Waals surface area contributed by atoms with Crippen LogP contribution in [0.1, 0.15) is 431 Å². The van der Waals surface area contributed by atoms with Crippen LogP contribution >= 0.6 is 0 Å². The first kappa shape index (κ1) is 103. The number of Topliss-reactive ketones (excluding diaryl/α,β-unsaturated/α-hetero) is 5. The van der Waals surface area contributed by atoms with Gasteiger partial charge in [0.1, 0.15) is 11.4 Å². The molecular weight excluding hydrogens is 1770 g/mol. The second-order valence-corrected chi connectivity index (χ2v) is 57.1. The molecule has 17 nitrogen and oxygen atoms in total. The lowest BCUT2D eigenvalue weighted by Crippen LogP contribution is -2.55. The Morgan fingerprint density at radius 3 is 0.951 bits per heavy atom. The monoisotopic (exact) mass is 1950 g/mol. The smallest absolute Gasteiger partial charge is 0.186 e. The number of aryl methyl sites for hydroxylation is 2. The predicted octanol–water partition coefficient (Wildman–Crippen LogP) is 26.3. The molecule has 20 aliphatic rings. The van der Waals surface area contributed by atoms with E-state index in [-0.39, 0.29) is 68.2 Å². The molecule has 0 aliphatic heterocycles.